The first-order chi connectivity index (χ1) is 11.1. The normalized spacial score (nSPS) is 14.3. The van der Waals surface area contributed by atoms with E-state index in [-0.39, 0.29) is 12.5 Å². The summed E-state index contributed by atoms with van der Waals surface area (Å²) in [6.07, 6.45) is 0. The molecular formula is C18H18ClN3O. The lowest BCUT2D eigenvalue weighted by molar-refractivity contribution is -0.115. The van der Waals surface area contributed by atoms with E-state index in [0.29, 0.717) is 16.9 Å². The molecule has 23 heavy (non-hydrogen) atoms. The Hall–Kier alpha value is -2.33. The van der Waals surface area contributed by atoms with Crippen LogP contribution in [0, 0.1) is 0 Å². The molecule has 0 saturated carbocycles. The van der Waals surface area contributed by atoms with E-state index in [2.05, 4.69) is 24.2 Å². The number of benzene rings is 2. The minimum absolute atomic E-state index is 0.0585. The second-order valence-corrected chi connectivity index (χ2v) is 6.13. The summed E-state index contributed by atoms with van der Waals surface area (Å²) in [5.74, 6) is 0.893. The molecule has 2 aromatic rings. The van der Waals surface area contributed by atoms with Gasteiger partial charge >= 0.3 is 0 Å². The maximum absolute atomic E-state index is 12.2. The smallest absolute Gasteiger partial charge is 0.255 e. The Kier molecular flexibility index (Phi) is 4.35. The number of guanidine groups is 1. The van der Waals surface area contributed by atoms with Crippen molar-refractivity contribution in [2.45, 2.75) is 19.8 Å². The van der Waals surface area contributed by atoms with Gasteiger partial charge in [-0.3, -0.25) is 4.79 Å². The van der Waals surface area contributed by atoms with Gasteiger partial charge < -0.3 is 5.32 Å². The molecule has 3 rings (SSSR count). The zero-order chi connectivity index (χ0) is 16.4. The third-order valence-corrected chi connectivity index (χ3v) is 4.09. The van der Waals surface area contributed by atoms with Gasteiger partial charge in [-0.25, -0.2) is 9.89 Å². The van der Waals surface area contributed by atoms with Crippen LogP contribution < -0.4 is 10.2 Å². The van der Waals surface area contributed by atoms with Crippen LogP contribution in [-0.2, 0) is 4.79 Å². The van der Waals surface area contributed by atoms with Gasteiger partial charge in [0.15, 0.2) is 0 Å². The van der Waals surface area contributed by atoms with Crippen LogP contribution >= 0.6 is 11.6 Å². The molecule has 0 bridgehead atoms. The second-order valence-electron chi connectivity index (χ2n) is 5.72. The number of carbonyl (C=O) groups excluding carboxylic acids is 1. The number of amides is 1. The minimum Gasteiger partial charge on any atom is -0.324 e. The van der Waals surface area contributed by atoms with Crippen molar-refractivity contribution in [2.75, 3.05) is 16.8 Å². The van der Waals surface area contributed by atoms with Crippen LogP contribution in [0.3, 0.4) is 0 Å². The van der Waals surface area contributed by atoms with Gasteiger partial charge in [0.2, 0.25) is 5.96 Å². The fourth-order valence-electron chi connectivity index (χ4n) is 2.46. The van der Waals surface area contributed by atoms with Crippen LogP contribution in [0.1, 0.15) is 25.3 Å². The molecule has 1 N–H and O–H groups in total. The van der Waals surface area contributed by atoms with Gasteiger partial charge in [-0.2, -0.15) is 0 Å². The summed E-state index contributed by atoms with van der Waals surface area (Å²) in [6, 6.07) is 15.4. The zero-order valence-corrected chi connectivity index (χ0v) is 13.8. The van der Waals surface area contributed by atoms with Crippen LogP contribution in [-0.4, -0.2) is 18.4 Å². The molecule has 4 nitrogen and oxygen atoms in total. The van der Waals surface area contributed by atoms with Crippen LogP contribution in [0.2, 0.25) is 5.02 Å². The summed E-state index contributed by atoms with van der Waals surface area (Å²) in [4.78, 5) is 18.1. The molecule has 2 aromatic carbocycles. The molecule has 0 radical (unpaired) electrons. The van der Waals surface area contributed by atoms with Crippen molar-refractivity contribution in [3.8, 4) is 0 Å². The number of para-hydroxylation sites is 1. The van der Waals surface area contributed by atoms with E-state index in [1.165, 1.54) is 5.56 Å². The van der Waals surface area contributed by atoms with Gasteiger partial charge in [0.1, 0.15) is 6.54 Å². The molecule has 1 amide bonds. The molecule has 0 aromatic heterocycles. The average Bonchev–Trinajstić information content (AvgIpc) is 2.90. The topological polar surface area (TPSA) is 44.7 Å². The van der Waals surface area contributed by atoms with E-state index in [1.807, 2.05) is 42.5 Å². The molecule has 0 aliphatic carbocycles. The van der Waals surface area contributed by atoms with Crippen LogP contribution in [0.4, 0.5) is 11.4 Å². The standard InChI is InChI=1S/C18H18ClN3O/c1-12(2)13-7-9-14(10-8-13)22-17(23)11-20-18(22)21-16-6-4-3-5-15(16)19/h3-10,12H,11H2,1-2H3,(H,20,21). The third-order valence-electron chi connectivity index (χ3n) is 3.76. The monoisotopic (exact) mass is 327 g/mol. The largest absolute Gasteiger partial charge is 0.324 e. The number of carbonyl (C=O) groups is 1. The molecule has 1 aliphatic heterocycles. The van der Waals surface area contributed by atoms with Crippen molar-refractivity contribution in [3.05, 3.63) is 59.1 Å². The summed E-state index contributed by atoms with van der Waals surface area (Å²) < 4.78 is 0. The van der Waals surface area contributed by atoms with E-state index in [4.69, 9.17) is 11.6 Å². The summed E-state index contributed by atoms with van der Waals surface area (Å²) in [7, 11) is 0. The Labute approximate surface area is 140 Å². The van der Waals surface area contributed by atoms with E-state index in [1.54, 1.807) is 11.0 Å². The first-order valence-corrected chi connectivity index (χ1v) is 7.93. The zero-order valence-electron chi connectivity index (χ0n) is 13.1. The Morgan fingerprint density at radius 1 is 1.13 bits per heavy atom. The fraction of sp³-hybridized carbons (Fsp3) is 0.222. The average molecular weight is 328 g/mol. The first-order valence-electron chi connectivity index (χ1n) is 7.55. The van der Waals surface area contributed by atoms with Crippen LogP contribution in [0.15, 0.2) is 53.5 Å². The number of anilines is 2. The van der Waals surface area contributed by atoms with Gasteiger partial charge in [0.25, 0.3) is 5.91 Å². The quantitative estimate of drug-likeness (QED) is 0.914. The fourth-order valence-corrected chi connectivity index (χ4v) is 2.64. The highest BCUT2D eigenvalue weighted by molar-refractivity contribution is 6.34. The van der Waals surface area contributed by atoms with E-state index in [0.717, 1.165) is 11.4 Å². The highest BCUT2D eigenvalue weighted by Gasteiger charge is 2.27. The second kappa shape index (κ2) is 6.42. The summed E-state index contributed by atoms with van der Waals surface area (Å²) >= 11 is 6.17. The van der Waals surface area contributed by atoms with Crippen molar-refractivity contribution >= 4 is 34.8 Å². The predicted molar refractivity (Wildman–Crippen MR) is 95.4 cm³/mol. The van der Waals surface area contributed by atoms with E-state index >= 15 is 0 Å². The summed E-state index contributed by atoms with van der Waals surface area (Å²) in [6.45, 7) is 4.42. The van der Waals surface area contributed by atoms with Crippen LogP contribution in [0.25, 0.3) is 0 Å². The number of nitrogens with zero attached hydrogens (tertiary/aromatic N) is 2. The van der Waals surface area contributed by atoms with Crippen molar-refractivity contribution < 1.29 is 4.79 Å². The van der Waals surface area contributed by atoms with Crippen molar-refractivity contribution in [2.24, 2.45) is 4.99 Å². The summed E-state index contributed by atoms with van der Waals surface area (Å²) in [5, 5.41) is 3.74. The lowest BCUT2D eigenvalue weighted by Crippen LogP contribution is -2.36. The molecule has 118 valence electrons. The number of rotatable bonds is 3. The molecule has 0 unspecified atom stereocenters. The number of aliphatic imine (C=N–C) groups is 1. The molecule has 0 atom stereocenters. The summed E-state index contributed by atoms with van der Waals surface area (Å²) in [5.41, 5.74) is 2.76. The number of hydrogen-bond acceptors (Lipinski definition) is 3. The molecular weight excluding hydrogens is 310 g/mol. The maximum atomic E-state index is 12.2. The highest BCUT2D eigenvalue weighted by atomic mass is 35.5. The third kappa shape index (κ3) is 3.22. The van der Waals surface area contributed by atoms with Crippen molar-refractivity contribution in [3.63, 3.8) is 0 Å². The van der Waals surface area contributed by atoms with E-state index < -0.39 is 0 Å². The Morgan fingerprint density at radius 2 is 1.83 bits per heavy atom. The molecule has 1 aliphatic rings. The van der Waals surface area contributed by atoms with Gasteiger partial charge in [-0.15, -0.1) is 0 Å². The first kappa shape index (κ1) is 15.6. The highest BCUT2D eigenvalue weighted by Crippen LogP contribution is 2.25. The van der Waals surface area contributed by atoms with Crippen molar-refractivity contribution in [1.82, 2.24) is 0 Å². The molecule has 0 fully saturated rings. The predicted octanol–water partition coefficient (Wildman–Crippen LogP) is 4.28. The molecule has 1 heterocycles. The lowest BCUT2D eigenvalue weighted by Gasteiger charge is -2.20. The molecule has 0 saturated heterocycles. The number of hydrogen-bond donors (Lipinski definition) is 1. The lowest BCUT2D eigenvalue weighted by atomic mass is 10.0. The number of halogens is 1. The van der Waals surface area contributed by atoms with Crippen LogP contribution in [0.5, 0.6) is 0 Å². The van der Waals surface area contributed by atoms with Crippen molar-refractivity contribution in [1.29, 1.82) is 0 Å². The Balaban J connectivity index is 1.86. The van der Waals surface area contributed by atoms with Gasteiger partial charge in [-0.1, -0.05) is 49.7 Å². The molecule has 5 heteroatoms. The Bertz CT molecular complexity index is 753. The number of nitrogens with one attached hydrogen (secondary N) is 1. The van der Waals surface area contributed by atoms with Gasteiger partial charge in [-0.05, 0) is 35.7 Å². The minimum atomic E-state index is -0.0585. The SMILES string of the molecule is CC(C)c1ccc(N2C(=O)CN=C2Nc2ccccc2Cl)cc1. The van der Waals surface area contributed by atoms with Gasteiger partial charge in [0.05, 0.1) is 16.4 Å². The van der Waals surface area contributed by atoms with Gasteiger partial charge in [0, 0.05) is 0 Å². The Morgan fingerprint density at radius 3 is 2.48 bits per heavy atom. The van der Waals surface area contributed by atoms with E-state index in [9.17, 15) is 4.79 Å². The molecule has 0 spiro atoms. The maximum Gasteiger partial charge on any atom is 0.255 e.